The Hall–Kier alpha value is -0.260. The molecule has 2 heterocycles. The van der Waals surface area contributed by atoms with Gasteiger partial charge in [-0.3, -0.25) is 0 Å². The summed E-state index contributed by atoms with van der Waals surface area (Å²) in [5, 5.41) is 0.470. The first-order valence-corrected chi connectivity index (χ1v) is 8.16. The van der Waals surface area contributed by atoms with Crippen LogP contribution in [0.2, 0.25) is 0 Å². The fourth-order valence-corrected chi connectivity index (χ4v) is 4.65. The average molecular weight is 269 g/mol. The molecule has 1 aliphatic heterocycles. The van der Waals surface area contributed by atoms with Gasteiger partial charge in [0.05, 0.1) is 5.25 Å². The molecule has 1 saturated heterocycles. The van der Waals surface area contributed by atoms with Crippen molar-refractivity contribution in [1.29, 1.82) is 0 Å². The molecule has 0 amide bonds. The molecule has 1 aromatic rings. The van der Waals surface area contributed by atoms with E-state index in [-0.39, 0.29) is 0 Å². The molecule has 1 aromatic heterocycles. The Balaban J connectivity index is 2.24. The lowest BCUT2D eigenvalue weighted by Crippen LogP contribution is -2.14. The molecule has 1 aliphatic rings. The molecule has 0 bridgehead atoms. The van der Waals surface area contributed by atoms with Crippen LogP contribution in [-0.4, -0.2) is 33.8 Å². The Morgan fingerprint density at radius 1 is 1.24 bits per heavy atom. The molecular weight excluding hydrogens is 250 g/mol. The molecule has 2 N–H and O–H groups in total. The van der Waals surface area contributed by atoms with Crippen LogP contribution in [0.1, 0.15) is 28.0 Å². The Bertz CT molecular complexity index is 366. The van der Waals surface area contributed by atoms with E-state index in [4.69, 9.17) is 5.73 Å². The van der Waals surface area contributed by atoms with Crippen molar-refractivity contribution >= 4 is 23.5 Å². The molecule has 3 nitrogen and oxygen atoms in total. The van der Waals surface area contributed by atoms with E-state index in [2.05, 4.69) is 23.8 Å². The van der Waals surface area contributed by atoms with Crippen molar-refractivity contribution in [2.75, 3.05) is 23.8 Å². The lowest BCUT2D eigenvalue weighted by atomic mass is 10.1. The molecule has 0 saturated carbocycles. The summed E-state index contributed by atoms with van der Waals surface area (Å²) in [6.45, 7) is 4.81. The number of aromatic nitrogens is 2. The smallest absolute Gasteiger partial charge is 0.142 e. The van der Waals surface area contributed by atoms with Gasteiger partial charge in [0.25, 0.3) is 0 Å². The van der Waals surface area contributed by atoms with Crippen molar-refractivity contribution in [3.8, 4) is 0 Å². The molecule has 5 heteroatoms. The van der Waals surface area contributed by atoms with Crippen LogP contribution >= 0.6 is 23.5 Å². The SMILES string of the molecule is Cc1nc(C2CSCCS2)nc(C)c1CCN. The van der Waals surface area contributed by atoms with Crippen molar-refractivity contribution in [3.05, 3.63) is 22.8 Å². The summed E-state index contributed by atoms with van der Waals surface area (Å²) in [4.78, 5) is 9.35. The molecule has 0 aliphatic carbocycles. The van der Waals surface area contributed by atoms with Crippen molar-refractivity contribution in [1.82, 2.24) is 9.97 Å². The summed E-state index contributed by atoms with van der Waals surface area (Å²) in [5.41, 5.74) is 9.05. The largest absolute Gasteiger partial charge is 0.330 e. The first-order chi connectivity index (χ1) is 8.22. The minimum atomic E-state index is 0.470. The third kappa shape index (κ3) is 3.14. The summed E-state index contributed by atoms with van der Waals surface area (Å²) in [7, 11) is 0. The number of thioether (sulfide) groups is 2. The van der Waals surface area contributed by atoms with E-state index in [9.17, 15) is 0 Å². The summed E-state index contributed by atoms with van der Waals surface area (Å²) >= 11 is 3.99. The van der Waals surface area contributed by atoms with Crippen LogP contribution in [0.15, 0.2) is 0 Å². The van der Waals surface area contributed by atoms with Crippen LogP contribution in [0.4, 0.5) is 0 Å². The first kappa shape index (κ1) is 13.2. The van der Waals surface area contributed by atoms with Crippen molar-refractivity contribution in [2.45, 2.75) is 25.5 Å². The summed E-state index contributed by atoms with van der Waals surface area (Å²) < 4.78 is 0. The minimum Gasteiger partial charge on any atom is -0.330 e. The van der Waals surface area contributed by atoms with Gasteiger partial charge < -0.3 is 5.73 Å². The maximum absolute atomic E-state index is 5.62. The van der Waals surface area contributed by atoms with E-state index >= 15 is 0 Å². The number of aryl methyl sites for hydroxylation is 2. The zero-order valence-corrected chi connectivity index (χ0v) is 12.0. The number of hydrogen-bond acceptors (Lipinski definition) is 5. The standard InChI is InChI=1S/C12H19N3S2/c1-8-10(3-4-13)9(2)15-12(14-8)11-7-16-5-6-17-11/h11H,3-7,13H2,1-2H3. The van der Waals surface area contributed by atoms with Gasteiger partial charge in [0.15, 0.2) is 0 Å². The van der Waals surface area contributed by atoms with Gasteiger partial charge in [0.2, 0.25) is 0 Å². The third-order valence-corrected chi connectivity index (χ3v) is 5.69. The zero-order valence-electron chi connectivity index (χ0n) is 10.4. The van der Waals surface area contributed by atoms with E-state index in [0.29, 0.717) is 11.8 Å². The molecule has 1 atom stereocenters. The van der Waals surface area contributed by atoms with Gasteiger partial charge in [0, 0.05) is 28.6 Å². The Labute approximate surface area is 111 Å². The van der Waals surface area contributed by atoms with E-state index in [1.165, 1.54) is 17.1 Å². The topological polar surface area (TPSA) is 51.8 Å². The molecule has 0 radical (unpaired) electrons. The van der Waals surface area contributed by atoms with Gasteiger partial charge in [-0.1, -0.05) is 0 Å². The van der Waals surface area contributed by atoms with E-state index in [1.54, 1.807) is 0 Å². The normalized spacial score (nSPS) is 20.5. The molecule has 17 heavy (non-hydrogen) atoms. The molecule has 1 unspecified atom stereocenters. The number of rotatable bonds is 3. The van der Waals surface area contributed by atoms with Gasteiger partial charge in [-0.25, -0.2) is 9.97 Å². The summed E-state index contributed by atoms with van der Waals surface area (Å²) in [6.07, 6.45) is 0.879. The van der Waals surface area contributed by atoms with Crippen LogP contribution in [-0.2, 0) is 6.42 Å². The summed E-state index contributed by atoms with van der Waals surface area (Å²) in [6, 6.07) is 0. The highest BCUT2D eigenvalue weighted by atomic mass is 32.2. The van der Waals surface area contributed by atoms with Gasteiger partial charge >= 0.3 is 0 Å². The molecule has 2 rings (SSSR count). The molecule has 0 aromatic carbocycles. The second kappa shape index (κ2) is 6.07. The third-order valence-electron chi connectivity index (χ3n) is 2.94. The lowest BCUT2D eigenvalue weighted by Gasteiger charge is -2.21. The number of nitrogens with zero attached hydrogens (tertiary/aromatic N) is 2. The van der Waals surface area contributed by atoms with Gasteiger partial charge in [-0.05, 0) is 32.4 Å². The maximum atomic E-state index is 5.62. The molecule has 94 valence electrons. The lowest BCUT2D eigenvalue weighted by molar-refractivity contribution is 0.834. The van der Waals surface area contributed by atoms with Crippen molar-refractivity contribution in [3.63, 3.8) is 0 Å². The van der Waals surface area contributed by atoms with Gasteiger partial charge in [-0.15, -0.1) is 11.8 Å². The predicted molar refractivity (Wildman–Crippen MR) is 76.8 cm³/mol. The van der Waals surface area contributed by atoms with E-state index in [1.807, 2.05) is 23.5 Å². The van der Waals surface area contributed by atoms with Gasteiger partial charge in [0.1, 0.15) is 5.82 Å². The van der Waals surface area contributed by atoms with E-state index < -0.39 is 0 Å². The summed E-state index contributed by atoms with van der Waals surface area (Å²) in [5.74, 6) is 4.61. The monoisotopic (exact) mass is 269 g/mol. The highest BCUT2D eigenvalue weighted by Crippen LogP contribution is 2.35. The van der Waals surface area contributed by atoms with Crippen molar-refractivity contribution in [2.24, 2.45) is 5.73 Å². The highest BCUT2D eigenvalue weighted by molar-refractivity contribution is 8.06. The zero-order chi connectivity index (χ0) is 12.3. The fraction of sp³-hybridized carbons (Fsp3) is 0.667. The number of nitrogens with two attached hydrogens (primary N) is 1. The second-order valence-electron chi connectivity index (χ2n) is 4.20. The molecule has 1 fully saturated rings. The predicted octanol–water partition coefficient (Wildman–Crippen LogP) is 2.12. The van der Waals surface area contributed by atoms with Crippen LogP contribution in [0.25, 0.3) is 0 Å². The van der Waals surface area contributed by atoms with Crippen LogP contribution < -0.4 is 5.73 Å². The molecule has 0 spiro atoms. The quantitative estimate of drug-likeness (QED) is 0.911. The second-order valence-corrected chi connectivity index (χ2v) is 6.66. The van der Waals surface area contributed by atoms with E-state index in [0.717, 1.165) is 29.4 Å². The van der Waals surface area contributed by atoms with Crippen LogP contribution in [0, 0.1) is 13.8 Å². The fourth-order valence-electron chi connectivity index (χ4n) is 2.05. The van der Waals surface area contributed by atoms with Crippen LogP contribution in [0.5, 0.6) is 0 Å². The maximum Gasteiger partial charge on any atom is 0.142 e. The first-order valence-electron chi connectivity index (χ1n) is 5.95. The number of hydrogen-bond donors (Lipinski definition) is 1. The average Bonchev–Trinajstić information content (AvgIpc) is 2.35. The molecular formula is C12H19N3S2. The Kier molecular flexibility index (Phi) is 4.70. The minimum absolute atomic E-state index is 0.470. The Morgan fingerprint density at radius 2 is 1.94 bits per heavy atom. The highest BCUT2D eigenvalue weighted by Gasteiger charge is 2.20. The van der Waals surface area contributed by atoms with Gasteiger partial charge in [-0.2, -0.15) is 11.8 Å². The Morgan fingerprint density at radius 3 is 2.47 bits per heavy atom. The van der Waals surface area contributed by atoms with Crippen LogP contribution in [0.3, 0.4) is 0 Å². The van der Waals surface area contributed by atoms with Crippen molar-refractivity contribution < 1.29 is 0 Å².